The molecule has 35 heavy (non-hydrogen) atoms. The summed E-state index contributed by atoms with van der Waals surface area (Å²) in [7, 11) is 1.21. The molecule has 1 saturated heterocycles. The summed E-state index contributed by atoms with van der Waals surface area (Å²) in [6.07, 6.45) is 0.650. The van der Waals surface area contributed by atoms with Crippen LogP contribution in [0.25, 0.3) is 0 Å². The van der Waals surface area contributed by atoms with E-state index in [1.165, 1.54) is 12.5 Å². The highest BCUT2D eigenvalue weighted by molar-refractivity contribution is 8.04. The van der Waals surface area contributed by atoms with Crippen LogP contribution in [0.5, 0.6) is 0 Å². The number of nitrogens with one attached hydrogen (secondary N) is 1. The summed E-state index contributed by atoms with van der Waals surface area (Å²) in [6, 6.07) is 0. The van der Waals surface area contributed by atoms with Crippen molar-refractivity contribution in [3.05, 3.63) is 38.3 Å². The first-order valence-corrected chi connectivity index (χ1v) is 12.8. The molecule has 0 radical (unpaired) electrons. The van der Waals surface area contributed by atoms with Gasteiger partial charge in [-0.1, -0.05) is 32.2 Å². The average molecular weight is 522 g/mol. The van der Waals surface area contributed by atoms with Gasteiger partial charge in [-0.05, 0) is 10.8 Å². The van der Waals surface area contributed by atoms with Gasteiger partial charge < -0.3 is 19.1 Å². The number of ether oxygens (including phenoxy) is 3. The molecule has 0 bridgehead atoms. The summed E-state index contributed by atoms with van der Waals surface area (Å²) in [5.41, 5.74) is 0.184. The average Bonchev–Trinajstić information content (AvgIpc) is 3.17. The van der Waals surface area contributed by atoms with Crippen LogP contribution in [0.2, 0.25) is 0 Å². The van der Waals surface area contributed by atoms with E-state index >= 15 is 0 Å². The highest BCUT2D eigenvalue weighted by Crippen LogP contribution is 2.56. The van der Waals surface area contributed by atoms with Crippen molar-refractivity contribution in [3.63, 3.8) is 0 Å². The van der Waals surface area contributed by atoms with Crippen molar-refractivity contribution in [2.45, 2.75) is 36.8 Å². The van der Waals surface area contributed by atoms with E-state index in [9.17, 15) is 19.7 Å². The second-order valence-corrected chi connectivity index (χ2v) is 11.6. The molecule has 2 aliphatic heterocycles. The third-order valence-corrected chi connectivity index (χ3v) is 8.49. The Morgan fingerprint density at radius 3 is 2.66 bits per heavy atom. The largest absolute Gasteiger partial charge is 0.468 e. The van der Waals surface area contributed by atoms with E-state index in [4.69, 9.17) is 19.6 Å². The number of nitro groups is 1. The molecule has 1 aliphatic carbocycles. The highest BCUT2D eigenvalue weighted by atomic mass is 32.2. The Morgan fingerprint density at radius 1 is 1.37 bits per heavy atom. The van der Waals surface area contributed by atoms with Gasteiger partial charge in [0.25, 0.3) is 0 Å². The first kappa shape index (κ1) is 25.4. The second kappa shape index (κ2) is 9.75. The Hall–Kier alpha value is -2.70. The van der Waals surface area contributed by atoms with Crippen molar-refractivity contribution in [1.29, 1.82) is 5.41 Å². The predicted molar refractivity (Wildman–Crippen MR) is 132 cm³/mol. The maximum atomic E-state index is 13.5. The van der Waals surface area contributed by atoms with Gasteiger partial charge in [0.1, 0.15) is 21.6 Å². The number of allylic oxidation sites excluding steroid dienone is 2. The topological polar surface area (TPSA) is 132 Å². The molecule has 1 fully saturated rings. The summed E-state index contributed by atoms with van der Waals surface area (Å²) < 4.78 is 16.6. The quantitative estimate of drug-likeness (QED) is 0.252. The molecule has 188 valence electrons. The van der Waals surface area contributed by atoms with Crippen molar-refractivity contribution in [2.24, 2.45) is 11.3 Å². The predicted octanol–water partition coefficient (Wildman–Crippen LogP) is 4.25. The minimum atomic E-state index is -1.23. The number of carbonyl (C=O) groups excluding carboxylic acids is 2. The Balaban J connectivity index is 2.01. The molecule has 2 unspecified atom stereocenters. The van der Waals surface area contributed by atoms with Crippen LogP contribution >= 0.6 is 23.1 Å². The number of rotatable bonds is 6. The van der Waals surface area contributed by atoms with Crippen molar-refractivity contribution >= 4 is 52.1 Å². The van der Waals surface area contributed by atoms with Crippen LogP contribution in [0.15, 0.2) is 27.5 Å². The number of esters is 1. The van der Waals surface area contributed by atoms with Gasteiger partial charge in [-0.15, -0.1) is 11.3 Å². The normalized spacial score (nSPS) is 24.0. The van der Waals surface area contributed by atoms with Gasteiger partial charge in [-0.25, -0.2) is 0 Å². The van der Waals surface area contributed by atoms with Crippen LogP contribution in [-0.4, -0.2) is 56.0 Å². The van der Waals surface area contributed by atoms with E-state index in [1.54, 1.807) is 0 Å². The number of nitrogens with zero attached hydrogens (tertiary/aromatic N) is 2. The molecular weight excluding hydrogens is 494 g/mol. The molecule has 0 spiro atoms. The fraction of sp³-hybridized carbons (Fsp3) is 0.522. The molecule has 3 aliphatic rings. The lowest BCUT2D eigenvalue weighted by atomic mass is 9.69. The van der Waals surface area contributed by atoms with Gasteiger partial charge in [0.15, 0.2) is 5.78 Å². The van der Waals surface area contributed by atoms with E-state index in [-0.39, 0.29) is 29.2 Å². The first-order chi connectivity index (χ1) is 16.6. The second-order valence-electron chi connectivity index (χ2n) is 9.31. The lowest BCUT2D eigenvalue weighted by Gasteiger charge is -2.40. The fourth-order valence-corrected chi connectivity index (χ4v) is 7.18. The number of carbonyl (C=O) groups is 2. The van der Waals surface area contributed by atoms with E-state index in [2.05, 4.69) is 6.58 Å². The molecule has 2 atom stereocenters. The molecule has 1 aromatic rings. The number of ketones is 1. The van der Waals surface area contributed by atoms with E-state index < -0.39 is 22.7 Å². The maximum absolute atomic E-state index is 13.5. The molecule has 1 aromatic heterocycles. The van der Waals surface area contributed by atoms with Crippen LogP contribution in [0.1, 0.15) is 37.5 Å². The van der Waals surface area contributed by atoms with Crippen LogP contribution < -0.4 is 4.90 Å². The molecule has 1 N–H and O–H groups in total. The van der Waals surface area contributed by atoms with Gasteiger partial charge in [-0.3, -0.25) is 25.1 Å². The number of hydrogen-bond acceptors (Lipinski definition) is 11. The van der Waals surface area contributed by atoms with E-state index in [0.29, 0.717) is 58.8 Å². The highest BCUT2D eigenvalue weighted by Gasteiger charge is 2.52. The van der Waals surface area contributed by atoms with Gasteiger partial charge in [0.2, 0.25) is 5.90 Å². The number of Topliss-reactive ketones (excluding diaryl/α,β-unsaturated/α-hetero) is 1. The maximum Gasteiger partial charge on any atom is 0.319 e. The Kier molecular flexibility index (Phi) is 7.07. The van der Waals surface area contributed by atoms with Gasteiger partial charge >= 0.3 is 11.7 Å². The lowest BCUT2D eigenvalue weighted by molar-refractivity contribution is -0.386. The number of thiophene rings is 1. The van der Waals surface area contributed by atoms with Crippen molar-refractivity contribution in [3.8, 4) is 0 Å². The minimum absolute atomic E-state index is 0.0934. The minimum Gasteiger partial charge on any atom is -0.468 e. The Labute approximate surface area is 210 Å². The lowest BCUT2D eigenvalue weighted by Crippen LogP contribution is -2.43. The number of anilines is 1. The molecule has 3 heterocycles. The third-order valence-electron chi connectivity index (χ3n) is 6.33. The zero-order chi connectivity index (χ0) is 25.5. The number of methoxy groups -OCH3 is 1. The third kappa shape index (κ3) is 4.62. The number of hydrogen-bond donors (Lipinski definition) is 1. The zero-order valence-electron chi connectivity index (χ0n) is 19.8. The number of thioether (sulfide) groups is 1. The van der Waals surface area contributed by atoms with Crippen molar-refractivity contribution < 1.29 is 28.7 Å². The Bertz CT molecular complexity index is 1130. The molecular formula is C23H27N3O7S2. The summed E-state index contributed by atoms with van der Waals surface area (Å²) in [5, 5.41) is 22.4. The Morgan fingerprint density at radius 2 is 2.06 bits per heavy atom. The van der Waals surface area contributed by atoms with Gasteiger partial charge in [0, 0.05) is 42.3 Å². The van der Waals surface area contributed by atoms with Crippen molar-refractivity contribution in [1.82, 2.24) is 0 Å². The van der Waals surface area contributed by atoms with Crippen LogP contribution in [0, 0.1) is 26.9 Å². The van der Waals surface area contributed by atoms with E-state index in [1.807, 2.05) is 18.7 Å². The first-order valence-electron chi connectivity index (χ1n) is 11.1. The van der Waals surface area contributed by atoms with Crippen molar-refractivity contribution in [2.75, 3.05) is 38.3 Å². The van der Waals surface area contributed by atoms with Crippen LogP contribution in [-0.2, 0) is 23.8 Å². The zero-order valence-corrected chi connectivity index (χ0v) is 21.4. The summed E-state index contributed by atoms with van der Waals surface area (Å²) in [5.74, 6) is -3.06. The van der Waals surface area contributed by atoms with E-state index in [0.717, 1.165) is 23.1 Å². The van der Waals surface area contributed by atoms with Gasteiger partial charge in [-0.2, -0.15) is 0 Å². The summed E-state index contributed by atoms with van der Waals surface area (Å²) in [6.45, 7) is 9.20. The standard InChI is InChI=1S/C23H27N3O7S2/c1-5-34-22-18(26(29)30)17(25-6-8-32-9-7-25)19(35-22)15-14-12(27)10-23(2,3)11-13(14)33-20(24)16(15)21(28)31-4/h5,15-16,24H,1,6-11H2,2-4H3. The molecule has 0 aromatic carbocycles. The number of morpholine rings is 1. The molecule has 12 heteroatoms. The summed E-state index contributed by atoms with van der Waals surface area (Å²) in [4.78, 5) is 40.6. The molecule has 0 amide bonds. The smallest absolute Gasteiger partial charge is 0.319 e. The molecule has 0 saturated carbocycles. The van der Waals surface area contributed by atoms with Gasteiger partial charge in [0.05, 0.1) is 25.2 Å². The molecule has 4 rings (SSSR count). The fourth-order valence-electron chi connectivity index (χ4n) is 4.91. The van der Waals surface area contributed by atoms with Crippen LogP contribution in [0.4, 0.5) is 11.4 Å². The van der Waals surface area contributed by atoms with Crippen LogP contribution in [0.3, 0.4) is 0 Å². The summed E-state index contributed by atoms with van der Waals surface area (Å²) >= 11 is 2.27. The monoisotopic (exact) mass is 521 g/mol. The SMILES string of the molecule is C=CSc1sc(C2C3=C(CC(C)(C)CC3=O)OC(=N)C2C(=O)OC)c(N2CCOCC2)c1[N+](=O)[O-]. The molecule has 10 nitrogen and oxygen atoms in total.